The van der Waals surface area contributed by atoms with Gasteiger partial charge in [-0.3, -0.25) is 4.79 Å². The van der Waals surface area contributed by atoms with E-state index in [1.54, 1.807) is 20.1 Å². The van der Waals surface area contributed by atoms with Crippen molar-refractivity contribution in [3.8, 4) is 5.75 Å². The molecule has 0 aliphatic heterocycles. The Morgan fingerprint density at radius 1 is 1.25 bits per heavy atom. The Morgan fingerprint density at radius 3 is 2.65 bits per heavy atom. The lowest BCUT2D eigenvalue weighted by Gasteiger charge is -2.11. The lowest BCUT2D eigenvalue weighted by Crippen LogP contribution is -2.13. The third kappa shape index (κ3) is 3.27. The highest BCUT2D eigenvalue weighted by molar-refractivity contribution is 6.29. The lowest BCUT2D eigenvalue weighted by molar-refractivity contribution is 0.102. The van der Waals surface area contributed by atoms with E-state index in [2.05, 4.69) is 10.3 Å². The molecule has 0 aliphatic carbocycles. The molecule has 20 heavy (non-hydrogen) atoms. The minimum Gasteiger partial charge on any atom is -0.495 e. The van der Waals surface area contributed by atoms with Gasteiger partial charge in [0.1, 0.15) is 10.9 Å². The first-order valence-corrected chi connectivity index (χ1v) is 6.47. The zero-order valence-electron chi connectivity index (χ0n) is 11.5. The van der Waals surface area contributed by atoms with Crippen LogP contribution in [0.25, 0.3) is 0 Å². The second-order valence-corrected chi connectivity index (χ2v) is 4.87. The maximum absolute atomic E-state index is 12.2. The lowest BCUT2D eigenvalue weighted by atomic mass is 10.2. The van der Waals surface area contributed by atoms with Crippen molar-refractivity contribution in [1.82, 2.24) is 4.98 Å². The zero-order valence-corrected chi connectivity index (χ0v) is 12.3. The molecule has 104 valence electrons. The predicted octanol–water partition coefficient (Wildman–Crippen LogP) is 3.61. The first-order valence-electron chi connectivity index (χ1n) is 6.10. The molecule has 0 fully saturated rings. The Hall–Kier alpha value is -2.07. The van der Waals surface area contributed by atoms with E-state index in [0.29, 0.717) is 27.8 Å². The number of nitrogens with zero attached hydrogens (tertiary/aromatic N) is 1. The number of pyridine rings is 1. The van der Waals surface area contributed by atoms with Crippen LogP contribution in [0, 0.1) is 13.8 Å². The quantitative estimate of drug-likeness (QED) is 0.879. The summed E-state index contributed by atoms with van der Waals surface area (Å²) in [6.45, 7) is 3.75. The molecule has 0 unspecified atom stereocenters. The van der Waals surface area contributed by atoms with Crippen molar-refractivity contribution in [2.75, 3.05) is 12.4 Å². The van der Waals surface area contributed by atoms with Crippen LogP contribution < -0.4 is 10.1 Å². The molecular formula is C15H15ClN2O2. The second kappa shape index (κ2) is 5.92. The summed E-state index contributed by atoms with van der Waals surface area (Å²) in [5, 5.41) is 3.11. The molecular weight excluding hydrogens is 276 g/mol. The van der Waals surface area contributed by atoms with Crippen LogP contribution in [0.3, 0.4) is 0 Å². The summed E-state index contributed by atoms with van der Waals surface area (Å²) in [7, 11) is 1.57. The molecule has 1 N–H and O–H groups in total. The third-order valence-corrected chi connectivity index (χ3v) is 2.98. The van der Waals surface area contributed by atoms with Crippen LogP contribution in [0.2, 0.25) is 5.15 Å². The Labute approximate surface area is 122 Å². The Kier molecular flexibility index (Phi) is 4.25. The van der Waals surface area contributed by atoms with Gasteiger partial charge < -0.3 is 10.1 Å². The van der Waals surface area contributed by atoms with E-state index >= 15 is 0 Å². The van der Waals surface area contributed by atoms with Gasteiger partial charge in [0.2, 0.25) is 0 Å². The van der Waals surface area contributed by atoms with Gasteiger partial charge in [-0.1, -0.05) is 17.7 Å². The molecule has 2 aromatic rings. The molecule has 0 aliphatic rings. The minimum atomic E-state index is -0.250. The Bertz CT molecular complexity index is 636. The van der Waals surface area contributed by atoms with Crippen LogP contribution >= 0.6 is 11.6 Å². The van der Waals surface area contributed by atoms with Gasteiger partial charge in [-0.25, -0.2) is 4.98 Å². The number of benzene rings is 1. The molecule has 0 radical (unpaired) electrons. The molecule has 0 bridgehead atoms. The normalized spacial score (nSPS) is 10.2. The fourth-order valence-corrected chi connectivity index (χ4v) is 2.11. The summed E-state index contributed by atoms with van der Waals surface area (Å²) in [6.07, 6.45) is 0. The molecule has 2 rings (SSSR count). The largest absolute Gasteiger partial charge is 0.495 e. The van der Waals surface area contributed by atoms with Crippen LogP contribution in [-0.2, 0) is 0 Å². The number of hydrogen-bond donors (Lipinski definition) is 1. The van der Waals surface area contributed by atoms with Crippen molar-refractivity contribution >= 4 is 23.2 Å². The molecule has 1 aromatic carbocycles. The highest BCUT2D eigenvalue weighted by Crippen LogP contribution is 2.26. The van der Waals surface area contributed by atoms with Gasteiger partial charge in [0.25, 0.3) is 5.91 Å². The van der Waals surface area contributed by atoms with Crippen molar-refractivity contribution in [2.45, 2.75) is 13.8 Å². The van der Waals surface area contributed by atoms with Gasteiger partial charge in [-0.15, -0.1) is 0 Å². The number of methoxy groups -OCH3 is 1. The van der Waals surface area contributed by atoms with Crippen molar-refractivity contribution in [3.63, 3.8) is 0 Å². The second-order valence-electron chi connectivity index (χ2n) is 4.48. The van der Waals surface area contributed by atoms with Crippen LogP contribution in [0.4, 0.5) is 5.69 Å². The molecule has 0 atom stereocenters. The highest BCUT2D eigenvalue weighted by Gasteiger charge is 2.11. The maximum atomic E-state index is 12.2. The number of halogens is 1. The Morgan fingerprint density at radius 2 is 2.00 bits per heavy atom. The van der Waals surface area contributed by atoms with E-state index in [0.717, 1.165) is 5.56 Å². The highest BCUT2D eigenvalue weighted by atomic mass is 35.5. The number of aromatic nitrogens is 1. The number of ether oxygens (including phenoxy) is 1. The SMILES string of the molecule is COc1cc(C)ccc1NC(=O)c1cc(C)nc(Cl)c1. The first kappa shape index (κ1) is 14.3. The van der Waals surface area contributed by atoms with Gasteiger partial charge in [-0.05, 0) is 43.7 Å². The number of nitrogens with one attached hydrogen (secondary N) is 1. The maximum Gasteiger partial charge on any atom is 0.255 e. The minimum absolute atomic E-state index is 0.250. The van der Waals surface area contributed by atoms with E-state index in [9.17, 15) is 4.79 Å². The van der Waals surface area contributed by atoms with Gasteiger partial charge in [-0.2, -0.15) is 0 Å². The van der Waals surface area contributed by atoms with Gasteiger partial charge in [0, 0.05) is 11.3 Å². The topological polar surface area (TPSA) is 51.2 Å². The van der Waals surface area contributed by atoms with Crippen molar-refractivity contribution in [1.29, 1.82) is 0 Å². The molecule has 0 saturated carbocycles. The van der Waals surface area contributed by atoms with Gasteiger partial charge >= 0.3 is 0 Å². The average molecular weight is 291 g/mol. The summed E-state index contributed by atoms with van der Waals surface area (Å²) < 4.78 is 5.26. The van der Waals surface area contributed by atoms with E-state index in [1.165, 1.54) is 6.07 Å². The van der Waals surface area contributed by atoms with E-state index in [4.69, 9.17) is 16.3 Å². The van der Waals surface area contributed by atoms with E-state index in [1.807, 2.05) is 25.1 Å². The van der Waals surface area contributed by atoms with Crippen molar-refractivity contribution in [2.24, 2.45) is 0 Å². The Balaban J connectivity index is 2.27. The van der Waals surface area contributed by atoms with Crippen LogP contribution in [-0.4, -0.2) is 18.0 Å². The average Bonchev–Trinajstić information content (AvgIpc) is 2.39. The number of hydrogen-bond acceptors (Lipinski definition) is 3. The summed E-state index contributed by atoms with van der Waals surface area (Å²) in [6, 6.07) is 8.79. The molecule has 0 spiro atoms. The van der Waals surface area contributed by atoms with Crippen LogP contribution in [0.5, 0.6) is 5.75 Å². The van der Waals surface area contributed by atoms with Crippen LogP contribution in [0.1, 0.15) is 21.6 Å². The fourth-order valence-electron chi connectivity index (χ4n) is 1.86. The van der Waals surface area contributed by atoms with Crippen molar-refractivity contribution < 1.29 is 9.53 Å². The van der Waals surface area contributed by atoms with E-state index in [-0.39, 0.29) is 5.91 Å². The number of carbonyl (C=O) groups excluding carboxylic acids is 1. The number of rotatable bonds is 3. The molecule has 0 saturated heterocycles. The number of amides is 1. The van der Waals surface area contributed by atoms with Gasteiger partial charge in [0.05, 0.1) is 12.8 Å². The summed E-state index contributed by atoms with van der Waals surface area (Å²) in [5.41, 5.74) is 2.83. The molecule has 1 amide bonds. The monoisotopic (exact) mass is 290 g/mol. The molecule has 5 heteroatoms. The fraction of sp³-hybridized carbons (Fsp3) is 0.200. The summed E-state index contributed by atoms with van der Waals surface area (Å²) in [4.78, 5) is 16.2. The van der Waals surface area contributed by atoms with E-state index < -0.39 is 0 Å². The molecule has 4 nitrogen and oxygen atoms in total. The predicted molar refractivity (Wildman–Crippen MR) is 79.7 cm³/mol. The molecule has 1 heterocycles. The molecule has 1 aromatic heterocycles. The smallest absolute Gasteiger partial charge is 0.255 e. The first-order chi connectivity index (χ1) is 9.49. The zero-order chi connectivity index (χ0) is 14.7. The van der Waals surface area contributed by atoms with Crippen molar-refractivity contribution in [3.05, 3.63) is 52.3 Å². The van der Waals surface area contributed by atoms with Gasteiger partial charge in [0.15, 0.2) is 0 Å². The number of aryl methyl sites for hydroxylation is 2. The standard InChI is InChI=1S/C15H15ClN2O2/c1-9-4-5-12(13(6-9)20-3)18-15(19)11-7-10(2)17-14(16)8-11/h4-8H,1-3H3,(H,18,19). The third-order valence-electron chi connectivity index (χ3n) is 2.79. The number of anilines is 1. The van der Waals surface area contributed by atoms with Crippen LogP contribution in [0.15, 0.2) is 30.3 Å². The summed E-state index contributed by atoms with van der Waals surface area (Å²) in [5.74, 6) is 0.370. The number of carbonyl (C=O) groups is 1. The summed E-state index contributed by atoms with van der Waals surface area (Å²) >= 11 is 5.86.